The molecule has 1 aromatic rings. The lowest BCUT2D eigenvalue weighted by atomic mass is 10.2. The zero-order chi connectivity index (χ0) is 15.3. The number of ether oxygens (including phenoxy) is 1. The van der Waals surface area contributed by atoms with Crippen LogP contribution in [0.2, 0.25) is 0 Å². The van der Waals surface area contributed by atoms with Gasteiger partial charge in [0.15, 0.2) is 0 Å². The number of hydrogen-bond donors (Lipinski definition) is 2. The van der Waals surface area contributed by atoms with E-state index in [1.54, 1.807) is 39.8 Å². The van der Waals surface area contributed by atoms with E-state index in [4.69, 9.17) is 9.84 Å². The van der Waals surface area contributed by atoms with Crippen LogP contribution in [0, 0.1) is 6.92 Å². The largest absolute Gasteiger partial charge is 0.478 e. The Morgan fingerprint density at radius 2 is 2.00 bits per heavy atom. The fraction of sp³-hybridized carbons (Fsp3) is 0.357. The van der Waals surface area contributed by atoms with Crippen molar-refractivity contribution in [3.05, 3.63) is 29.5 Å². The SMILES string of the molecule is Cc1nc(NC(=O)OC(C)(C)C)ccc1/C=C/C(=O)O. The standard InChI is InChI=1S/C14H18N2O4/c1-9-10(6-8-12(17)18)5-7-11(15-9)16-13(19)20-14(2,3)4/h5-8H,1-4H3,(H,17,18)(H,15,16,19)/b8-6+. The first-order valence-electron chi connectivity index (χ1n) is 6.06. The van der Waals surface area contributed by atoms with Crippen molar-refractivity contribution in [1.82, 2.24) is 4.98 Å². The maximum Gasteiger partial charge on any atom is 0.413 e. The molecule has 1 heterocycles. The fourth-order valence-electron chi connectivity index (χ4n) is 1.39. The monoisotopic (exact) mass is 278 g/mol. The van der Waals surface area contributed by atoms with Gasteiger partial charge >= 0.3 is 12.1 Å². The van der Waals surface area contributed by atoms with Crippen molar-refractivity contribution in [2.75, 3.05) is 5.32 Å². The number of amides is 1. The number of carboxylic acids is 1. The highest BCUT2D eigenvalue weighted by Gasteiger charge is 2.16. The van der Waals surface area contributed by atoms with Crippen LogP contribution in [0.5, 0.6) is 0 Å². The molecular weight excluding hydrogens is 260 g/mol. The minimum absolute atomic E-state index is 0.351. The molecule has 0 saturated heterocycles. The van der Waals surface area contributed by atoms with Gasteiger partial charge in [-0.15, -0.1) is 0 Å². The average Bonchev–Trinajstić information content (AvgIpc) is 2.24. The van der Waals surface area contributed by atoms with Crippen LogP contribution in [-0.2, 0) is 9.53 Å². The van der Waals surface area contributed by atoms with E-state index in [2.05, 4.69) is 10.3 Å². The molecule has 1 rings (SSSR count). The van der Waals surface area contributed by atoms with E-state index in [1.807, 2.05) is 0 Å². The molecule has 0 radical (unpaired) electrons. The molecule has 6 nitrogen and oxygen atoms in total. The lowest BCUT2D eigenvalue weighted by Crippen LogP contribution is -2.27. The predicted octanol–water partition coefficient (Wildman–Crippen LogP) is 2.83. The van der Waals surface area contributed by atoms with Crippen LogP contribution in [-0.4, -0.2) is 27.8 Å². The van der Waals surface area contributed by atoms with Gasteiger partial charge in [0.1, 0.15) is 11.4 Å². The average molecular weight is 278 g/mol. The molecular formula is C14H18N2O4. The van der Waals surface area contributed by atoms with Crippen molar-refractivity contribution in [3.8, 4) is 0 Å². The van der Waals surface area contributed by atoms with E-state index in [-0.39, 0.29) is 0 Å². The zero-order valence-electron chi connectivity index (χ0n) is 11.9. The summed E-state index contributed by atoms with van der Waals surface area (Å²) in [6.45, 7) is 7.03. The van der Waals surface area contributed by atoms with Crippen molar-refractivity contribution in [2.24, 2.45) is 0 Å². The molecule has 1 aromatic heterocycles. The molecule has 0 atom stereocenters. The third kappa shape index (κ3) is 5.51. The van der Waals surface area contributed by atoms with Gasteiger partial charge in [-0.2, -0.15) is 0 Å². The molecule has 0 aliphatic carbocycles. The van der Waals surface area contributed by atoms with Gasteiger partial charge < -0.3 is 9.84 Å². The second kappa shape index (κ2) is 6.18. The van der Waals surface area contributed by atoms with Crippen LogP contribution in [0.4, 0.5) is 10.6 Å². The second-order valence-electron chi connectivity index (χ2n) is 5.17. The summed E-state index contributed by atoms with van der Waals surface area (Å²) in [4.78, 5) is 26.2. The predicted molar refractivity (Wildman–Crippen MR) is 75.5 cm³/mol. The van der Waals surface area contributed by atoms with Gasteiger partial charge in [-0.3, -0.25) is 5.32 Å². The Morgan fingerprint density at radius 1 is 1.35 bits per heavy atom. The Kier molecular flexibility index (Phi) is 4.85. The molecule has 0 saturated carbocycles. The molecule has 0 spiro atoms. The lowest BCUT2D eigenvalue weighted by Gasteiger charge is -2.19. The number of carbonyl (C=O) groups is 2. The van der Waals surface area contributed by atoms with Crippen LogP contribution in [0.3, 0.4) is 0 Å². The number of aryl methyl sites for hydroxylation is 1. The Labute approximate surface area is 117 Å². The topological polar surface area (TPSA) is 88.5 Å². The number of carboxylic acid groups (broad SMARTS) is 1. The quantitative estimate of drug-likeness (QED) is 0.830. The summed E-state index contributed by atoms with van der Waals surface area (Å²) < 4.78 is 5.11. The Balaban J connectivity index is 2.78. The van der Waals surface area contributed by atoms with E-state index < -0.39 is 17.7 Å². The van der Waals surface area contributed by atoms with Crippen LogP contribution >= 0.6 is 0 Å². The Bertz CT molecular complexity index is 545. The highest BCUT2D eigenvalue weighted by molar-refractivity contribution is 5.86. The first kappa shape index (κ1) is 15.7. The number of hydrogen-bond acceptors (Lipinski definition) is 4. The molecule has 20 heavy (non-hydrogen) atoms. The molecule has 108 valence electrons. The zero-order valence-corrected chi connectivity index (χ0v) is 11.9. The molecule has 1 amide bonds. The number of nitrogens with one attached hydrogen (secondary N) is 1. The molecule has 0 aliphatic heterocycles. The fourth-order valence-corrected chi connectivity index (χ4v) is 1.39. The summed E-state index contributed by atoms with van der Waals surface area (Å²) in [5.41, 5.74) is 0.696. The summed E-state index contributed by atoms with van der Waals surface area (Å²) in [6, 6.07) is 3.26. The van der Waals surface area contributed by atoms with E-state index in [9.17, 15) is 9.59 Å². The number of carbonyl (C=O) groups excluding carboxylic acids is 1. The number of nitrogens with zero attached hydrogens (tertiary/aromatic N) is 1. The smallest absolute Gasteiger partial charge is 0.413 e. The molecule has 0 fully saturated rings. The third-order valence-electron chi connectivity index (χ3n) is 2.16. The highest BCUT2D eigenvalue weighted by Crippen LogP contribution is 2.14. The Hall–Kier alpha value is -2.37. The van der Waals surface area contributed by atoms with Gasteiger partial charge in [0.05, 0.1) is 0 Å². The molecule has 0 bridgehead atoms. The molecule has 2 N–H and O–H groups in total. The van der Waals surface area contributed by atoms with Gasteiger partial charge in [-0.1, -0.05) is 0 Å². The number of rotatable bonds is 3. The first-order valence-corrected chi connectivity index (χ1v) is 6.06. The molecule has 6 heteroatoms. The summed E-state index contributed by atoms with van der Waals surface area (Å²) in [7, 11) is 0. The minimum atomic E-state index is -1.03. The van der Waals surface area contributed by atoms with Crippen molar-refractivity contribution in [1.29, 1.82) is 0 Å². The highest BCUT2D eigenvalue weighted by atomic mass is 16.6. The van der Waals surface area contributed by atoms with Crippen LogP contribution in [0.1, 0.15) is 32.0 Å². The van der Waals surface area contributed by atoms with E-state index in [1.165, 1.54) is 6.08 Å². The maximum absolute atomic E-state index is 11.6. The number of aliphatic carboxylic acids is 1. The molecule has 0 aliphatic rings. The minimum Gasteiger partial charge on any atom is -0.478 e. The number of aromatic nitrogens is 1. The van der Waals surface area contributed by atoms with Gasteiger partial charge in [-0.25, -0.2) is 14.6 Å². The van der Waals surface area contributed by atoms with Crippen molar-refractivity contribution in [3.63, 3.8) is 0 Å². The van der Waals surface area contributed by atoms with Gasteiger partial charge in [-0.05, 0) is 51.5 Å². The Morgan fingerprint density at radius 3 is 2.50 bits per heavy atom. The first-order chi connectivity index (χ1) is 9.17. The van der Waals surface area contributed by atoms with Gasteiger partial charge in [0, 0.05) is 11.8 Å². The lowest BCUT2D eigenvalue weighted by molar-refractivity contribution is -0.131. The third-order valence-corrected chi connectivity index (χ3v) is 2.16. The van der Waals surface area contributed by atoms with Crippen molar-refractivity contribution < 1.29 is 19.4 Å². The van der Waals surface area contributed by atoms with Gasteiger partial charge in [0.2, 0.25) is 0 Å². The second-order valence-corrected chi connectivity index (χ2v) is 5.17. The van der Waals surface area contributed by atoms with E-state index >= 15 is 0 Å². The summed E-state index contributed by atoms with van der Waals surface area (Å²) in [5.74, 6) is -0.676. The number of pyridine rings is 1. The van der Waals surface area contributed by atoms with Crippen LogP contribution in [0.25, 0.3) is 6.08 Å². The van der Waals surface area contributed by atoms with Gasteiger partial charge in [0.25, 0.3) is 0 Å². The van der Waals surface area contributed by atoms with Crippen LogP contribution < -0.4 is 5.32 Å². The summed E-state index contributed by atoms with van der Waals surface area (Å²) in [6.07, 6.45) is 1.89. The summed E-state index contributed by atoms with van der Waals surface area (Å²) >= 11 is 0. The normalized spacial score (nSPS) is 11.4. The molecule has 0 unspecified atom stereocenters. The molecule has 0 aromatic carbocycles. The van der Waals surface area contributed by atoms with E-state index in [0.717, 1.165) is 6.08 Å². The van der Waals surface area contributed by atoms with Crippen molar-refractivity contribution >= 4 is 24.0 Å². The summed E-state index contributed by atoms with van der Waals surface area (Å²) in [5, 5.41) is 11.1. The number of anilines is 1. The van der Waals surface area contributed by atoms with Crippen LogP contribution in [0.15, 0.2) is 18.2 Å². The van der Waals surface area contributed by atoms with Crippen molar-refractivity contribution in [2.45, 2.75) is 33.3 Å². The maximum atomic E-state index is 11.6. The van der Waals surface area contributed by atoms with E-state index in [0.29, 0.717) is 17.1 Å².